The van der Waals surface area contributed by atoms with Crippen LogP contribution < -0.4 is 5.73 Å². The van der Waals surface area contributed by atoms with Gasteiger partial charge in [-0.25, -0.2) is 4.98 Å². The Morgan fingerprint density at radius 1 is 1.06 bits per heavy atom. The molecule has 2 heterocycles. The van der Waals surface area contributed by atoms with Crippen molar-refractivity contribution in [1.82, 2.24) is 9.97 Å². The average molecular weight is 235 g/mol. The summed E-state index contributed by atoms with van der Waals surface area (Å²) in [6, 6.07) is 12.0. The summed E-state index contributed by atoms with van der Waals surface area (Å²) in [5, 5.41) is 0.897. The van der Waals surface area contributed by atoms with Crippen molar-refractivity contribution >= 4 is 16.6 Å². The number of nitrogen functional groups attached to an aromatic ring is 1. The van der Waals surface area contributed by atoms with E-state index in [4.69, 9.17) is 5.73 Å². The number of hydrogen-bond donors (Lipinski definition) is 1. The summed E-state index contributed by atoms with van der Waals surface area (Å²) in [6.45, 7) is 2.07. The summed E-state index contributed by atoms with van der Waals surface area (Å²) < 4.78 is 0. The first-order valence-corrected chi connectivity index (χ1v) is 5.81. The van der Waals surface area contributed by atoms with Gasteiger partial charge in [0.15, 0.2) is 0 Å². The molecule has 3 rings (SSSR count). The van der Waals surface area contributed by atoms with E-state index in [0.717, 1.165) is 22.2 Å². The van der Waals surface area contributed by atoms with Crippen molar-refractivity contribution in [2.45, 2.75) is 6.92 Å². The van der Waals surface area contributed by atoms with Gasteiger partial charge in [-0.3, -0.25) is 4.98 Å². The van der Waals surface area contributed by atoms with Crippen LogP contribution in [0.1, 0.15) is 5.56 Å². The summed E-state index contributed by atoms with van der Waals surface area (Å²) in [6.07, 6.45) is 3.48. The number of aryl methyl sites for hydroxylation is 1. The zero-order chi connectivity index (χ0) is 12.5. The number of hydrogen-bond acceptors (Lipinski definition) is 3. The molecule has 0 saturated carbocycles. The average Bonchev–Trinajstić information content (AvgIpc) is 2.39. The maximum Gasteiger partial charge on any atom is 0.0761 e. The molecule has 3 aromatic rings. The summed E-state index contributed by atoms with van der Waals surface area (Å²) >= 11 is 0. The van der Waals surface area contributed by atoms with Crippen LogP contribution in [-0.4, -0.2) is 9.97 Å². The molecule has 0 bridgehead atoms. The Hall–Kier alpha value is -2.42. The van der Waals surface area contributed by atoms with E-state index in [9.17, 15) is 0 Å². The maximum absolute atomic E-state index is 6.04. The van der Waals surface area contributed by atoms with Crippen LogP contribution in [-0.2, 0) is 0 Å². The lowest BCUT2D eigenvalue weighted by Gasteiger charge is -2.06. The fraction of sp³-hybridized carbons (Fsp3) is 0.0667. The molecule has 18 heavy (non-hydrogen) atoms. The van der Waals surface area contributed by atoms with Crippen LogP contribution in [0.3, 0.4) is 0 Å². The number of nitrogens with zero attached hydrogens (tertiary/aromatic N) is 2. The molecule has 0 radical (unpaired) electrons. The Labute approximate surface area is 105 Å². The molecule has 0 amide bonds. The molecule has 0 spiro atoms. The van der Waals surface area contributed by atoms with E-state index in [1.807, 2.05) is 12.1 Å². The molecule has 0 fully saturated rings. The second kappa shape index (κ2) is 4.11. The van der Waals surface area contributed by atoms with Crippen molar-refractivity contribution in [3.05, 3.63) is 54.4 Å². The van der Waals surface area contributed by atoms with Gasteiger partial charge in [0.25, 0.3) is 0 Å². The Bertz CT molecular complexity index is 703. The number of anilines is 1. The maximum atomic E-state index is 6.04. The Morgan fingerprint density at radius 3 is 2.61 bits per heavy atom. The summed E-state index contributed by atoms with van der Waals surface area (Å²) in [5.41, 5.74) is 10.8. The second-order valence-electron chi connectivity index (χ2n) is 4.36. The minimum Gasteiger partial charge on any atom is -0.398 e. The molecule has 3 heteroatoms. The van der Waals surface area contributed by atoms with Gasteiger partial charge >= 0.3 is 0 Å². The van der Waals surface area contributed by atoms with E-state index in [-0.39, 0.29) is 0 Å². The normalized spacial score (nSPS) is 10.7. The summed E-state index contributed by atoms with van der Waals surface area (Å²) in [7, 11) is 0. The van der Waals surface area contributed by atoms with Gasteiger partial charge in [-0.1, -0.05) is 29.8 Å². The third kappa shape index (κ3) is 1.80. The minimum absolute atomic E-state index is 0.712. The highest BCUT2D eigenvalue weighted by Crippen LogP contribution is 2.25. The van der Waals surface area contributed by atoms with Gasteiger partial charge < -0.3 is 5.73 Å². The molecule has 0 aliphatic heterocycles. The topological polar surface area (TPSA) is 51.8 Å². The van der Waals surface area contributed by atoms with E-state index < -0.39 is 0 Å². The molecule has 3 nitrogen and oxygen atoms in total. The Morgan fingerprint density at radius 2 is 1.83 bits per heavy atom. The van der Waals surface area contributed by atoms with Crippen molar-refractivity contribution < 1.29 is 0 Å². The number of pyridine rings is 2. The van der Waals surface area contributed by atoms with Crippen molar-refractivity contribution in [1.29, 1.82) is 0 Å². The fourth-order valence-electron chi connectivity index (χ4n) is 1.97. The number of benzene rings is 1. The first-order chi connectivity index (χ1) is 8.74. The molecule has 88 valence electrons. The van der Waals surface area contributed by atoms with Crippen LogP contribution in [0.2, 0.25) is 0 Å². The molecule has 2 N–H and O–H groups in total. The number of fused-ring (bicyclic) bond motifs is 1. The largest absolute Gasteiger partial charge is 0.398 e. The van der Waals surface area contributed by atoms with Crippen LogP contribution in [0.25, 0.3) is 22.2 Å². The van der Waals surface area contributed by atoms with Gasteiger partial charge in [0.1, 0.15) is 0 Å². The van der Waals surface area contributed by atoms with E-state index in [0.29, 0.717) is 5.69 Å². The van der Waals surface area contributed by atoms with Crippen LogP contribution in [0.15, 0.2) is 48.8 Å². The molecule has 0 atom stereocenters. The van der Waals surface area contributed by atoms with Crippen LogP contribution >= 0.6 is 0 Å². The highest BCUT2D eigenvalue weighted by molar-refractivity contribution is 5.91. The van der Waals surface area contributed by atoms with E-state index in [2.05, 4.69) is 41.2 Å². The molecule has 0 aliphatic rings. The smallest absolute Gasteiger partial charge is 0.0761 e. The van der Waals surface area contributed by atoms with Crippen molar-refractivity contribution in [3.63, 3.8) is 0 Å². The monoisotopic (exact) mass is 235 g/mol. The van der Waals surface area contributed by atoms with Crippen molar-refractivity contribution in [2.75, 3.05) is 5.73 Å². The molecular weight excluding hydrogens is 222 g/mol. The highest BCUT2D eigenvalue weighted by atomic mass is 14.7. The fourth-order valence-corrected chi connectivity index (χ4v) is 1.97. The second-order valence-corrected chi connectivity index (χ2v) is 4.36. The highest BCUT2D eigenvalue weighted by Gasteiger charge is 2.05. The standard InChI is InChI=1S/C15H13N3/c1-10-2-4-11(5-3-10)15-8-13(16)12-9-17-7-6-14(12)18-15/h2-9H,1H3,(H2,16,18). The molecule has 0 saturated heterocycles. The lowest BCUT2D eigenvalue weighted by molar-refractivity contribution is 1.32. The summed E-state index contributed by atoms with van der Waals surface area (Å²) in [4.78, 5) is 8.68. The molecule has 1 aromatic carbocycles. The SMILES string of the molecule is Cc1ccc(-c2cc(N)c3cnccc3n2)cc1. The minimum atomic E-state index is 0.712. The van der Waals surface area contributed by atoms with E-state index in [1.54, 1.807) is 12.4 Å². The van der Waals surface area contributed by atoms with Crippen molar-refractivity contribution in [3.8, 4) is 11.3 Å². The zero-order valence-corrected chi connectivity index (χ0v) is 10.1. The van der Waals surface area contributed by atoms with Gasteiger partial charge in [-0.05, 0) is 19.1 Å². The van der Waals surface area contributed by atoms with Crippen molar-refractivity contribution in [2.24, 2.45) is 0 Å². The van der Waals surface area contributed by atoms with Gasteiger partial charge in [-0.15, -0.1) is 0 Å². The third-order valence-corrected chi connectivity index (χ3v) is 2.99. The third-order valence-electron chi connectivity index (χ3n) is 2.99. The van der Waals surface area contributed by atoms with Gasteiger partial charge in [0, 0.05) is 29.0 Å². The predicted octanol–water partition coefficient (Wildman–Crippen LogP) is 3.19. The molecule has 0 aliphatic carbocycles. The van der Waals surface area contributed by atoms with Crippen LogP contribution in [0.4, 0.5) is 5.69 Å². The van der Waals surface area contributed by atoms with E-state index in [1.165, 1.54) is 5.56 Å². The molecular formula is C15H13N3. The predicted molar refractivity (Wildman–Crippen MR) is 74.1 cm³/mol. The Kier molecular flexibility index (Phi) is 2.45. The van der Waals surface area contributed by atoms with Crippen LogP contribution in [0.5, 0.6) is 0 Å². The quantitative estimate of drug-likeness (QED) is 0.704. The molecule has 2 aromatic heterocycles. The zero-order valence-electron chi connectivity index (χ0n) is 10.1. The van der Waals surface area contributed by atoms with Gasteiger partial charge in [0.05, 0.1) is 11.2 Å². The summed E-state index contributed by atoms with van der Waals surface area (Å²) in [5.74, 6) is 0. The number of rotatable bonds is 1. The molecule has 0 unspecified atom stereocenters. The number of aromatic nitrogens is 2. The van der Waals surface area contributed by atoms with Crippen LogP contribution in [0, 0.1) is 6.92 Å². The Balaban J connectivity index is 2.21. The first kappa shape index (κ1) is 10.7. The van der Waals surface area contributed by atoms with Gasteiger partial charge in [0.2, 0.25) is 0 Å². The lowest BCUT2D eigenvalue weighted by Crippen LogP contribution is -1.93. The first-order valence-electron chi connectivity index (χ1n) is 5.81. The van der Waals surface area contributed by atoms with Gasteiger partial charge in [-0.2, -0.15) is 0 Å². The number of nitrogens with two attached hydrogens (primary N) is 1. The van der Waals surface area contributed by atoms with E-state index >= 15 is 0 Å². The lowest BCUT2D eigenvalue weighted by atomic mass is 10.1.